The zero-order chi connectivity index (χ0) is 18.9. The van der Waals surface area contributed by atoms with Crippen LogP contribution in [0.15, 0.2) is 45.8 Å². The average molecular weight is 413 g/mol. The van der Waals surface area contributed by atoms with Gasteiger partial charge in [-0.3, -0.25) is 4.72 Å². The van der Waals surface area contributed by atoms with Crippen molar-refractivity contribution in [2.24, 2.45) is 0 Å². The molecule has 0 aliphatic heterocycles. The topological polar surface area (TPSA) is 98.0 Å². The molecule has 10 heteroatoms. The Morgan fingerprint density at radius 2 is 1.73 bits per heavy atom. The van der Waals surface area contributed by atoms with Gasteiger partial charge in [-0.05, 0) is 36.4 Å². The van der Waals surface area contributed by atoms with Gasteiger partial charge in [-0.15, -0.1) is 0 Å². The van der Waals surface area contributed by atoms with Crippen molar-refractivity contribution in [2.45, 2.75) is 24.7 Å². The highest BCUT2D eigenvalue weighted by molar-refractivity contribution is 7.92. The number of sulfonamides is 1. The number of anilines is 1. The molecular formula is C16H14Cl2N4O3S. The van der Waals surface area contributed by atoms with Crippen LogP contribution >= 0.6 is 23.2 Å². The maximum atomic E-state index is 12.4. The Bertz CT molecular complexity index is 1030. The third-order valence-corrected chi connectivity index (χ3v) is 5.44. The van der Waals surface area contributed by atoms with Gasteiger partial charge < -0.3 is 4.52 Å². The Hall–Kier alpha value is -2.16. The van der Waals surface area contributed by atoms with Crippen molar-refractivity contribution in [3.63, 3.8) is 0 Å². The minimum absolute atomic E-state index is 0.110. The van der Waals surface area contributed by atoms with E-state index in [0.717, 1.165) is 0 Å². The van der Waals surface area contributed by atoms with Crippen molar-refractivity contribution in [3.8, 4) is 11.5 Å². The molecular weight excluding hydrogens is 399 g/mol. The molecule has 0 saturated carbocycles. The quantitative estimate of drug-likeness (QED) is 0.624. The first-order valence-corrected chi connectivity index (χ1v) is 9.79. The van der Waals surface area contributed by atoms with E-state index in [9.17, 15) is 8.42 Å². The summed E-state index contributed by atoms with van der Waals surface area (Å²) in [5.41, 5.74) is 1.03. The molecule has 0 radical (unpaired) electrons. The Morgan fingerprint density at radius 1 is 1.04 bits per heavy atom. The molecule has 2 aromatic heterocycles. The molecule has 0 spiro atoms. The molecule has 0 amide bonds. The van der Waals surface area contributed by atoms with Crippen LogP contribution in [0.25, 0.3) is 11.5 Å². The van der Waals surface area contributed by atoms with Crippen LogP contribution < -0.4 is 4.72 Å². The lowest BCUT2D eigenvalue weighted by molar-refractivity contribution is 0.419. The summed E-state index contributed by atoms with van der Waals surface area (Å²) in [5, 5.41) is 3.81. The molecule has 0 bridgehead atoms. The number of rotatable bonds is 5. The average Bonchev–Trinajstić information content (AvgIpc) is 3.05. The number of nitrogens with zero attached hydrogens (tertiary/aromatic N) is 3. The van der Waals surface area contributed by atoms with Crippen molar-refractivity contribution in [1.29, 1.82) is 0 Å². The smallest absolute Gasteiger partial charge is 0.264 e. The summed E-state index contributed by atoms with van der Waals surface area (Å²) in [6.45, 7) is 3.92. The van der Waals surface area contributed by atoms with E-state index in [0.29, 0.717) is 23.0 Å². The molecule has 136 valence electrons. The molecule has 0 unspecified atom stereocenters. The van der Waals surface area contributed by atoms with Gasteiger partial charge in [-0.25, -0.2) is 13.4 Å². The van der Waals surface area contributed by atoms with Gasteiger partial charge in [0.1, 0.15) is 10.0 Å². The Balaban J connectivity index is 1.82. The number of halogens is 2. The summed E-state index contributed by atoms with van der Waals surface area (Å²) in [4.78, 5) is 7.87. The lowest BCUT2D eigenvalue weighted by atomic mass is 10.2. The van der Waals surface area contributed by atoms with Crippen molar-refractivity contribution in [1.82, 2.24) is 15.1 Å². The SMILES string of the molecule is CC(C)c1noc(-c2ccc(NS(=O)(=O)c3ccc(Cl)nc3Cl)cc2)n1. The van der Waals surface area contributed by atoms with Crippen LogP contribution in [-0.2, 0) is 10.0 Å². The lowest BCUT2D eigenvalue weighted by Gasteiger charge is -2.09. The fraction of sp³-hybridized carbons (Fsp3) is 0.188. The molecule has 0 saturated heterocycles. The molecule has 3 rings (SSSR count). The van der Waals surface area contributed by atoms with E-state index in [1.165, 1.54) is 12.1 Å². The first-order chi connectivity index (χ1) is 12.3. The van der Waals surface area contributed by atoms with E-state index in [4.69, 9.17) is 27.7 Å². The summed E-state index contributed by atoms with van der Waals surface area (Å²) >= 11 is 11.6. The maximum Gasteiger partial charge on any atom is 0.264 e. The number of pyridine rings is 1. The second-order valence-corrected chi connectivity index (χ2v) is 8.11. The number of hydrogen-bond acceptors (Lipinski definition) is 6. The summed E-state index contributed by atoms with van der Waals surface area (Å²) in [7, 11) is -3.90. The predicted molar refractivity (Wildman–Crippen MR) is 98.9 cm³/mol. The summed E-state index contributed by atoms with van der Waals surface area (Å²) in [6.07, 6.45) is 0. The monoisotopic (exact) mass is 412 g/mol. The van der Waals surface area contributed by atoms with Gasteiger partial charge in [0.15, 0.2) is 11.0 Å². The first kappa shape index (κ1) is 18.6. The van der Waals surface area contributed by atoms with E-state index in [-0.39, 0.29) is 21.1 Å². The summed E-state index contributed by atoms with van der Waals surface area (Å²) < 4.78 is 32.5. The molecule has 0 fully saturated rings. The number of aromatic nitrogens is 3. The number of nitrogens with one attached hydrogen (secondary N) is 1. The van der Waals surface area contributed by atoms with Crippen molar-refractivity contribution in [2.75, 3.05) is 4.72 Å². The molecule has 26 heavy (non-hydrogen) atoms. The van der Waals surface area contributed by atoms with Gasteiger partial charge in [0, 0.05) is 17.2 Å². The molecule has 0 aliphatic rings. The molecule has 1 aromatic carbocycles. The molecule has 1 N–H and O–H groups in total. The van der Waals surface area contributed by atoms with E-state index in [1.54, 1.807) is 24.3 Å². The Labute approximate surface area is 160 Å². The summed E-state index contributed by atoms with van der Waals surface area (Å²) in [5.74, 6) is 1.12. The fourth-order valence-electron chi connectivity index (χ4n) is 2.08. The van der Waals surface area contributed by atoms with Crippen LogP contribution in [0.1, 0.15) is 25.6 Å². The lowest BCUT2D eigenvalue weighted by Crippen LogP contribution is -2.13. The van der Waals surface area contributed by atoms with Crippen LogP contribution in [0.2, 0.25) is 10.3 Å². The van der Waals surface area contributed by atoms with Crippen LogP contribution in [-0.4, -0.2) is 23.5 Å². The predicted octanol–water partition coefficient (Wildman–Crippen LogP) is 4.36. The molecule has 0 aliphatic carbocycles. The molecule has 2 heterocycles. The zero-order valence-corrected chi connectivity index (χ0v) is 16.1. The standard InChI is InChI=1S/C16H14Cl2N4O3S/c1-9(2)15-20-16(25-21-15)10-3-5-11(6-4-10)22-26(23,24)12-7-8-13(17)19-14(12)18/h3-9,22H,1-2H3. The maximum absolute atomic E-state index is 12.4. The number of benzene rings is 1. The zero-order valence-electron chi connectivity index (χ0n) is 13.8. The van der Waals surface area contributed by atoms with E-state index < -0.39 is 10.0 Å². The van der Waals surface area contributed by atoms with Gasteiger partial charge in [0.05, 0.1) is 0 Å². The van der Waals surface area contributed by atoms with Gasteiger partial charge in [-0.1, -0.05) is 42.2 Å². The van der Waals surface area contributed by atoms with Crippen LogP contribution in [0, 0.1) is 0 Å². The van der Waals surface area contributed by atoms with Crippen LogP contribution in [0.4, 0.5) is 5.69 Å². The summed E-state index contributed by atoms with van der Waals surface area (Å²) in [6, 6.07) is 9.17. The third-order valence-electron chi connectivity index (χ3n) is 3.41. The van der Waals surface area contributed by atoms with E-state index >= 15 is 0 Å². The van der Waals surface area contributed by atoms with Crippen molar-refractivity contribution in [3.05, 3.63) is 52.5 Å². The van der Waals surface area contributed by atoms with Gasteiger partial charge in [0.25, 0.3) is 15.9 Å². The van der Waals surface area contributed by atoms with Crippen molar-refractivity contribution < 1.29 is 12.9 Å². The van der Waals surface area contributed by atoms with Crippen LogP contribution in [0.3, 0.4) is 0 Å². The Kier molecular flexibility index (Phi) is 5.17. The van der Waals surface area contributed by atoms with Gasteiger partial charge in [0.2, 0.25) is 0 Å². The largest absolute Gasteiger partial charge is 0.334 e. The fourth-order valence-corrected chi connectivity index (χ4v) is 3.80. The second-order valence-electron chi connectivity index (χ2n) is 5.72. The Morgan fingerprint density at radius 3 is 2.31 bits per heavy atom. The third kappa shape index (κ3) is 3.98. The highest BCUT2D eigenvalue weighted by Crippen LogP contribution is 2.26. The highest BCUT2D eigenvalue weighted by atomic mass is 35.5. The van der Waals surface area contributed by atoms with E-state index in [1.807, 2.05) is 13.8 Å². The molecule has 3 aromatic rings. The van der Waals surface area contributed by atoms with E-state index in [2.05, 4.69) is 19.8 Å². The molecule has 7 nitrogen and oxygen atoms in total. The second kappa shape index (κ2) is 7.22. The minimum atomic E-state index is -3.90. The highest BCUT2D eigenvalue weighted by Gasteiger charge is 2.19. The van der Waals surface area contributed by atoms with Gasteiger partial charge in [-0.2, -0.15) is 4.98 Å². The first-order valence-electron chi connectivity index (χ1n) is 7.55. The van der Waals surface area contributed by atoms with Crippen molar-refractivity contribution >= 4 is 38.9 Å². The number of hydrogen-bond donors (Lipinski definition) is 1. The molecule has 0 atom stereocenters. The minimum Gasteiger partial charge on any atom is -0.334 e. The van der Waals surface area contributed by atoms with Crippen LogP contribution in [0.5, 0.6) is 0 Å². The normalized spacial score (nSPS) is 11.7. The van der Waals surface area contributed by atoms with Gasteiger partial charge >= 0.3 is 0 Å².